The number of nitrogens with two attached hydrogens (primary N) is 1. The summed E-state index contributed by atoms with van der Waals surface area (Å²) in [6.45, 7) is 2.49. The van der Waals surface area contributed by atoms with Gasteiger partial charge in [-0.05, 0) is 18.2 Å². The Hall–Kier alpha value is -2.59. The average molecular weight is 366 g/mol. The van der Waals surface area contributed by atoms with Gasteiger partial charge in [-0.1, -0.05) is 0 Å². The zero-order chi connectivity index (χ0) is 18.7. The van der Waals surface area contributed by atoms with Crippen molar-refractivity contribution in [2.24, 2.45) is 5.73 Å². The van der Waals surface area contributed by atoms with Crippen LogP contribution in [0.2, 0.25) is 0 Å². The van der Waals surface area contributed by atoms with Crippen LogP contribution in [-0.2, 0) is 4.74 Å². The molecule has 2 aliphatic heterocycles. The molecular formula is C16H23FN6O3. The van der Waals surface area contributed by atoms with E-state index in [-0.39, 0.29) is 18.7 Å². The summed E-state index contributed by atoms with van der Waals surface area (Å²) < 4.78 is 19.8. The zero-order valence-corrected chi connectivity index (χ0v) is 14.6. The van der Waals surface area contributed by atoms with Crippen molar-refractivity contribution in [3.05, 3.63) is 24.0 Å². The van der Waals surface area contributed by atoms with Gasteiger partial charge >= 0.3 is 12.1 Å². The normalized spacial score (nSPS) is 20.8. The third-order valence-corrected chi connectivity index (χ3v) is 4.46. The van der Waals surface area contributed by atoms with Gasteiger partial charge in [0.15, 0.2) is 0 Å². The highest BCUT2D eigenvalue weighted by Crippen LogP contribution is 2.28. The molecule has 26 heavy (non-hydrogen) atoms. The van der Waals surface area contributed by atoms with Crippen LogP contribution in [0.3, 0.4) is 0 Å². The van der Waals surface area contributed by atoms with E-state index in [1.165, 1.54) is 16.0 Å². The van der Waals surface area contributed by atoms with E-state index in [1.54, 1.807) is 19.2 Å². The first-order valence-corrected chi connectivity index (χ1v) is 8.49. The molecule has 3 rings (SSSR count). The molecule has 0 saturated carbocycles. The molecule has 0 unspecified atom stereocenters. The van der Waals surface area contributed by atoms with Crippen LogP contribution in [0.25, 0.3) is 0 Å². The molecule has 2 aliphatic rings. The maximum atomic E-state index is 14.7. The van der Waals surface area contributed by atoms with Gasteiger partial charge in [0.1, 0.15) is 11.9 Å². The fraction of sp³-hybridized carbons (Fsp3) is 0.500. The van der Waals surface area contributed by atoms with Crippen LogP contribution in [0.4, 0.5) is 25.4 Å². The summed E-state index contributed by atoms with van der Waals surface area (Å²) in [6, 6.07) is 4.42. The number of amides is 3. The molecule has 0 radical (unpaired) electrons. The van der Waals surface area contributed by atoms with E-state index in [2.05, 4.69) is 10.7 Å². The van der Waals surface area contributed by atoms with Gasteiger partial charge < -0.3 is 20.7 Å². The maximum Gasteiger partial charge on any atom is 0.414 e. The van der Waals surface area contributed by atoms with Crippen LogP contribution in [0.5, 0.6) is 0 Å². The number of anilines is 2. The van der Waals surface area contributed by atoms with Gasteiger partial charge in [0.25, 0.3) is 0 Å². The Morgan fingerprint density at radius 1 is 1.42 bits per heavy atom. The summed E-state index contributed by atoms with van der Waals surface area (Å²) in [4.78, 5) is 26.8. The standard InChI is InChI=1S/C16H23FN6O3/c1-19-15(24)23-7-6-21(5-4-20-23)14-3-2-11(8-13(14)17)22-10-12(9-18)26-16(22)25/h2-3,8,12,20H,4-7,9-10,18H2,1H3,(H,19,24)/t12-/m0/s1. The van der Waals surface area contributed by atoms with E-state index in [0.29, 0.717) is 44.1 Å². The number of ether oxygens (including phenoxy) is 1. The third kappa shape index (κ3) is 3.65. The summed E-state index contributed by atoms with van der Waals surface area (Å²) >= 11 is 0. The number of nitrogens with one attached hydrogen (secondary N) is 2. The van der Waals surface area contributed by atoms with Crippen LogP contribution in [-0.4, -0.2) is 69.6 Å². The number of hydrogen-bond acceptors (Lipinski definition) is 6. The second kappa shape index (κ2) is 7.75. The van der Waals surface area contributed by atoms with Crippen LogP contribution in [0.15, 0.2) is 18.2 Å². The maximum absolute atomic E-state index is 14.7. The number of carbonyl (C=O) groups excluding carboxylic acids is 2. The largest absolute Gasteiger partial charge is 0.443 e. The predicted molar refractivity (Wildman–Crippen MR) is 94.4 cm³/mol. The molecule has 10 heteroatoms. The molecule has 3 amide bonds. The fourth-order valence-electron chi connectivity index (χ4n) is 3.06. The highest BCUT2D eigenvalue weighted by molar-refractivity contribution is 5.90. The van der Waals surface area contributed by atoms with E-state index < -0.39 is 11.9 Å². The van der Waals surface area contributed by atoms with Gasteiger partial charge in [-0.15, -0.1) is 0 Å². The molecule has 1 atom stereocenters. The Bertz CT molecular complexity index is 688. The van der Waals surface area contributed by atoms with Crippen molar-refractivity contribution in [1.82, 2.24) is 15.8 Å². The summed E-state index contributed by atoms with van der Waals surface area (Å²) in [6.07, 6.45) is -0.898. The minimum absolute atomic E-state index is 0.228. The van der Waals surface area contributed by atoms with E-state index >= 15 is 0 Å². The Morgan fingerprint density at radius 2 is 2.23 bits per heavy atom. The van der Waals surface area contributed by atoms with Gasteiger partial charge in [-0.3, -0.25) is 9.91 Å². The van der Waals surface area contributed by atoms with E-state index in [0.717, 1.165) is 0 Å². The van der Waals surface area contributed by atoms with Crippen LogP contribution >= 0.6 is 0 Å². The molecule has 2 heterocycles. The second-order valence-corrected chi connectivity index (χ2v) is 6.09. The van der Waals surface area contributed by atoms with E-state index in [4.69, 9.17) is 10.5 Å². The van der Waals surface area contributed by atoms with Crippen molar-refractivity contribution >= 4 is 23.5 Å². The predicted octanol–water partition coefficient (Wildman–Crippen LogP) is 0.0756. The number of urea groups is 1. The lowest BCUT2D eigenvalue weighted by Gasteiger charge is -2.24. The number of halogens is 1. The van der Waals surface area contributed by atoms with Crippen molar-refractivity contribution in [1.29, 1.82) is 0 Å². The average Bonchev–Trinajstić information content (AvgIpc) is 2.86. The minimum atomic E-state index is -0.521. The second-order valence-electron chi connectivity index (χ2n) is 6.09. The highest BCUT2D eigenvalue weighted by atomic mass is 19.1. The molecule has 0 aliphatic carbocycles. The molecule has 0 aromatic heterocycles. The first kappa shape index (κ1) is 18.2. The molecule has 2 fully saturated rings. The Morgan fingerprint density at radius 3 is 2.88 bits per heavy atom. The summed E-state index contributed by atoms with van der Waals surface area (Å²) in [5.74, 6) is -0.431. The number of hydrazine groups is 1. The number of cyclic esters (lactones) is 1. The van der Waals surface area contributed by atoms with Crippen molar-refractivity contribution in [3.63, 3.8) is 0 Å². The highest BCUT2D eigenvalue weighted by Gasteiger charge is 2.32. The van der Waals surface area contributed by atoms with Gasteiger partial charge in [0, 0.05) is 33.2 Å². The minimum Gasteiger partial charge on any atom is -0.443 e. The number of nitrogens with zero attached hydrogens (tertiary/aromatic N) is 3. The van der Waals surface area contributed by atoms with Gasteiger partial charge in [-0.25, -0.2) is 19.4 Å². The molecular weight excluding hydrogens is 343 g/mol. The molecule has 1 aromatic rings. The lowest BCUT2D eigenvalue weighted by Crippen LogP contribution is -2.47. The van der Waals surface area contributed by atoms with Crippen LogP contribution in [0, 0.1) is 5.82 Å². The Balaban J connectivity index is 1.72. The van der Waals surface area contributed by atoms with Crippen molar-refractivity contribution in [2.45, 2.75) is 6.10 Å². The van der Waals surface area contributed by atoms with Crippen LogP contribution < -0.4 is 26.3 Å². The number of carbonyl (C=O) groups is 2. The molecule has 1 aromatic carbocycles. The monoisotopic (exact) mass is 366 g/mol. The third-order valence-electron chi connectivity index (χ3n) is 4.46. The van der Waals surface area contributed by atoms with Crippen molar-refractivity contribution < 1.29 is 18.7 Å². The smallest absolute Gasteiger partial charge is 0.414 e. The number of rotatable bonds is 3. The summed E-state index contributed by atoms with van der Waals surface area (Å²) in [5, 5.41) is 4.03. The molecule has 9 nitrogen and oxygen atoms in total. The van der Waals surface area contributed by atoms with Crippen LogP contribution in [0.1, 0.15) is 0 Å². The van der Waals surface area contributed by atoms with E-state index in [1.807, 2.05) is 4.90 Å². The van der Waals surface area contributed by atoms with E-state index in [9.17, 15) is 14.0 Å². The SMILES string of the molecule is CNC(=O)N1CCN(c2ccc(N3C[C@H](CN)OC3=O)cc2F)CCN1. The van der Waals surface area contributed by atoms with Crippen molar-refractivity contribution in [3.8, 4) is 0 Å². The lowest BCUT2D eigenvalue weighted by molar-refractivity contribution is 0.145. The topological polar surface area (TPSA) is 103 Å². The number of benzene rings is 1. The Kier molecular flexibility index (Phi) is 5.43. The lowest BCUT2D eigenvalue weighted by atomic mass is 10.2. The van der Waals surface area contributed by atoms with Crippen molar-refractivity contribution in [2.75, 3.05) is 56.1 Å². The van der Waals surface area contributed by atoms with Gasteiger partial charge in [-0.2, -0.15) is 0 Å². The first-order valence-electron chi connectivity index (χ1n) is 8.49. The first-order chi connectivity index (χ1) is 12.5. The molecule has 2 saturated heterocycles. The summed E-state index contributed by atoms with van der Waals surface area (Å²) in [5.41, 5.74) is 9.39. The quantitative estimate of drug-likeness (QED) is 0.700. The molecule has 0 bridgehead atoms. The molecule has 0 spiro atoms. The number of hydrogen-bond donors (Lipinski definition) is 3. The molecule has 142 valence electrons. The molecule has 4 N–H and O–H groups in total. The summed E-state index contributed by atoms with van der Waals surface area (Å²) in [7, 11) is 1.56. The fourth-order valence-corrected chi connectivity index (χ4v) is 3.06. The zero-order valence-electron chi connectivity index (χ0n) is 14.6. The Labute approximate surface area is 150 Å². The van der Waals surface area contributed by atoms with Gasteiger partial charge in [0.2, 0.25) is 0 Å². The van der Waals surface area contributed by atoms with Gasteiger partial charge in [0.05, 0.1) is 24.5 Å².